The van der Waals surface area contributed by atoms with Crippen molar-refractivity contribution < 1.29 is 4.74 Å². The van der Waals surface area contributed by atoms with Crippen molar-refractivity contribution in [2.24, 2.45) is 0 Å². The van der Waals surface area contributed by atoms with Crippen LogP contribution < -0.4 is 0 Å². The maximum absolute atomic E-state index is 5.51. The number of ether oxygens (including phenoxy) is 1. The van der Waals surface area contributed by atoms with E-state index in [0.29, 0.717) is 12.2 Å². The molecule has 1 heteroatoms. The molecule has 1 nitrogen and oxygen atoms in total. The average molecular weight is 114 g/mol. The lowest BCUT2D eigenvalue weighted by Gasteiger charge is -2.05. The number of rotatable bonds is 1. The highest BCUT2D eigenvalue weighted by Gasteiger charge is 2.18. The van der Waals surface area contributed by atoms with E-state index in [1.54, 1.807) is 0 Å². The van der Waals surface area contributed by atoms with Crippen molar-refractivity contribution in [1.29, 1.82) is 0 Å². The van der Waals surface area contributed by atoms with Crippen molar-refractivity contribution in [2.45, 2.75) is 45.3 Å². The van der Waals surface area contributed by atoms with Gasteiger partial charge in [0.05, 0.1) is 12.2 Å². The van der Waals surface area contributed by atoms with Crippen LogP contribution in [0.2, 0.25) is 0 Å². The van der Waals surface area contributed by atoms with E-state index in [0.717, 1.165) is 0 Å². The Morgan fingerprint density at radius 1 is 1.50 bits per heavy atom. The Hall–Kier alpha value is -0.0400. The summed E-state index contributed by atoms with van der Waals surface area (Å²) in [5.74, 6) is 0. The molecule has 0 spiro atoms. The molecule has 0 bridgehead atoms. The second-order valence-electron chi connectivity index (χ2n) is 2.55. The Labute approximate surface area is 51.0 Å². The zero-order valence-electron chi connectivity index (χ0n) is 5.68. The van der Waals surface area contributed by atoms with Crippen LogP contribution in [-0.2, 0) is 4.74 Å². The lowest BCUT2D eigenvalue weighted by molar-refractivity contribution is 0.0540. The molecule has 0 radical (unpaired) electrons. The average Bonchev–Trinajstić information content (AvgIpc) is 2.14. The fraction of sp³-hybridized carbons (Fsp3) is 1.00. The normalized spacial score (nSPS) is 38.2. The van der Waals surface area contributed by atoms with E-state index in [-0.39, 0.29) is 0 Å². The third-order valence-corrected chi connectivity index (χ3v) is 1.78. The van der Waals surface area contributed by atoms with Crippen molar-refractivity contribution >= 4 is 0 Å². The topological polar surface area (TPSA) is 9.23 Å². The number of hydrogen-bond acceptors (Lipinski definition) is 1. The summed E-state index contributed by atoms with van der Waals surface area (Å²) in [4.78, 5) is 0. The zero-order valence-corrected chi connectivity index (χ0v) is 5.68. The van der Waals surface area contributed by atoms with Gasteiger partial charge in [0.25, 0.3) is 0 Å². The summed E-state index contributed by atoms with van der Waals surface area (Å²) in [5.41, 5.74) is 0. The minimum absolute atomic E-state index is 0.528. The summed E-state index contributed by atoms with van der Waals surface area (Å²) in [5, 5.41) is 0. The molecule has 1 rings (SSSR count). The summed E-state index contributed by atoms with van der Waals surface area (Å²) in [7, 11) is 0. The second kappa shape index (κ2) is 2.49. The van der Waals surface area contributed by atoms with Crippen molar-refractivity contribution in [3.8, 4) is 0 Å². The molecule has 0 saturated carbocycles. The summed E-state index contributed by atoms with van der Waals surface area (Å²) in [6.45, 7) is 4.33. The van der Waals surface area contributed by atoms with Crippen LogP contribution in [0.25, 0.3) is 0 Å². The fourth-order valence-corrected chi connectivity index (χ4v) is 1.19. The van der Waals surface area contributed by atoms with Crippen LogP contribution >= 0.6 is 0 Å². The molecule has 1 saturated heterocycles. The van der Waals surface area contributed by atoms with Gasteiger partial charge in [-0.2, -0.15) is 0 Å². The van der Waals surface area contributed by atoms with E-state index in [1.807, 2.05) is 0 Å². The van der Waals surface area contributed by atoms with E-state index < -0.39 is 0 Å². The summed E-state index contributed by atoms with van der Waals surface area (Å²) < 4.78 is 5.51. The van der Waals surface area contributed by atoms with Gasteiger partial charge in [-0.15, -0.1) is 0 Å². The van der Waals surface area contributed by atoms with Gasteiger partial charge in [0, 0.05) is 0 Å². The SMILES string of the molecule is CC[C@H]1CC[C@@H](C)O1. The maximum Gasteiger partial charge on any atom is 0.0577 e. The molecule has 0 aromatic rings. The monoisotopic (exact) mass is 114 g/mol. The summed E-state index contributed by atoms with van der Waals surface area (Å²) in [6.07, 6.45) is 4.82. The minimum Gasteiger partial charge on any atom is -0.375 e. The first-order valence-electron chi connectivity index (χ1n) is 3.48. The largest absolute Gasteiger partial charge is 0.375 e. The van der Waals surface area contributed by atoms with Crippen LogP contribution in [0.4, 0.5) is 0 Å². The predicted molar refractivity (Wildman–Crippen MR) is 33.9 cm³/mol. The molecule has 1 fully saturated rings. The molecule has 0 amide bonds. The Bertz CT molecular complexity index is 70.8. The highest BCUT2D eigenvalue weighted by molar-refractivity contribution is 4.68. The van der Waals surface area contributed by atoms with Crippen molar-refractivity contribution in [3.63, 3.8) is 0 Å². The van der Waals surface area contributed by atoms with Gasteiger partial charge in [-0.05, 0) is 26.2 Å². The molecular weight excluding hydrogens is 100 g/mol. The molecular formula is C7H14O. The van der Waals surface area contributed by atoms with Gasteiger partial charge < -0.3 is 4.74 Å². The van der Waals surface area contributed by atoms with Crippen LogP contribution in [0, 0.1) is 0 Å². The molecule has 0 N–H and O–H groups in total. The van der Waals surface area contributed by atoms with Crippen LogP contribution in [0.15, 0.2) is 0 Å². The second-order valence-corrected chi connectivity index (χ2v) is 2.55. The van der Waals surface area contributed by atoms with Gasteiger partial charge >= 0.3 is 0 Å². The summed E-state index contributed by atoms with van der Waals surface area (Å²) >= 11 is 0. The van der Waals surface area contributed by atoms with E-state index in [9.17, 15) is 0 Å². The third-order valence-electron chi connectivity index (χ3n) is 1.78. The highest BCUT2D eigenvalue weighted by Crippen LogP contribution is 2.20. The van der Waals surface area contributed by atoms with Gasteiger partial charge in [0.1, 0.15) is 0 Å². The Kier molecular flexibility index (Phi) is 1.90. The smallest absolute Gasteiger partial charge is 0.0577 e. The first-order chi connectivity index (χ1) is 3.83. The van der Waals surface area contributed by atoms with E-state index in [1.165, 1.54) is 19.3 Å². The van der Waals surface area contributed by atoms with E-state index in [2.05, 4.69) is 13.8 Å². The molecule has 0 aromatic carbocycles. The van der Waals surface area contributed by atoms with Gasteiger partial charge in [-0.1, -0.05) is 6.92 Å². The molecule has 1 aliphatic heterocycles. The third kappa shape index (κ3) is 1.22. The summed E-state index contributed by atoms with van der Waals surface area (Å²) in [6, 6.07) is 0. The van der Waals surface area contributed by atoms with Gasteiger partial charge in [0.15, 0.2) is 0 Å². The number of hydrogen-bond donors (Lipinski definition) is 0. The van der Waals surface area contributed by atoms with Crippen LogP contribution in [0.3, 0.4) is 0 Å². The van der Waals surface area contributed by atoms with E-state index in [4.69, 9.17) is 4.74 Å². The Morgan fingerprint density at radius 3 is 2.50 bits per heavy atom. The lowest BCUT2D eigenvalue weighted by Crippen LogP contribution is -2.05. The minimum atomic E-state index is 0.528. The van der Waals surface area contributed by atoms with Gasteiger partial charge in [-0.25, -0.2) is 0 Å². The fourth-order valence-electron chi connectivity index (χ4n) is 1.19. The quantitative estimate of drug-likeness (QED) is 0.506. The van der Waals surface area contributed by atoms with E-state index >= 15 is 0 Å². The Morgan fingerprint density at radius 2 is 2.25 bits per heavy atom. The molecule has 0 aromatic heterocycles. The Balaban J connectivity index is 2.22. The van der Waals surface area contributed by atoms with Gasteiger partial charge in [0.2, 0.25) is 0 Å². The van der Waals surface area contributed by atoms with Crippen LogP contribution in [0.1, 0.15) is 33.1 Å². The molecule has 0 unspecified atom stereocenters. The molecule has 2 atom stereocenters. The maximum atomic E-state index is 5.51. The van der Waals surface area contributed by atoms with Crippen LogP contribution in [0.5, 0.6) is 0 Å². The highest BCUT2D eigenvalue weighted by atomic mass is 16.5. The van der Waals surface area contributed by atoms with Crippen molar-refractivity contribution in [3.05, 3.63) is 0 Å². The predicted octanol–water partition coefficient (Wildman–Crippen LogP) is 1.96. The van der Waals surface area contributed by atoms with Crippen molar-refractivity contribution in [2.75, 3.05) is 0 Å². The van der Waals surface area contributed by atoms with Gasteiger partial charge in [-0.3, -0.25) is 0 Å². The van der Waals surface area contributed by atoms with Crippen LogP contribution in [-0.4, -0.2) is 12.2 Å². The lowest BCUT2D eigenvalue weighted by atomic mass is 10.2. The molecule has 1 heterocycles. The molecule has 48 valence electrons. The zero-order chi connectivity index (χ0) is 5.98. The first-order valence-corrected chi connectivity index (χ1v) is 3.48. The standard InChI is InChI=1S/C7H14O/c1-3-7-5-4-6(2)8-7/h6-7H,3-5H2,1-2H3/t6-,7+/m1/s1. The van der Waals surface area contributed by atoms with Crippen molar-refractivity contribution in [1.82, 2.24) is 0 Å². The molecule has 0 aliphatic carbocycles. The molecule has 1 aliphatic rings. The first kappa shape index (κ1) is 6.09. The molecule has 8 heavy (non-hydrogen) atoms.